The monoisotopic (exact) mass is 321 g/mol. The third-order valence-electron chi connectivity index (χ3n) is 4.29. The van der Waals surface area contributed by atoms with Crippen molar-refractivity contribution in [3.8, 4) is 5.75 Å². The summed E-state index contributed by atoms with van der Waals surface area (Å²) in [6.45, 7) is 5.97. The average Bonchev–Trinajstić information content (AvgIpc) is 2.57. The minimum Gasteiger partial charge on any atom is -0.483 e. The maximum atomic E-state index is 10.8. The molecule has 0 spiro atoms. The van der Waals surface area contributed by atoms with Gasteiger partial charge in [0.1, 0.15) is 11.4 Å². The molecule has 0 atom stereocenters. The minimum atomic E-state index is -0.595. The van der Waals surface area contributed by atoms with Gasteiger partial charge in [0.15, 0.2) is 0 Å². The molecule has 0 saturated carbocycles. The third kappa shape index (κ3) is 2.95. The van der Waals surface area contributed by atoms with Gasteiger partial charge >= 0.3 is 0 Å². The summed E-state index contributed by atoms with van der Waals surface area (Å²) in [6, 6.07) is 18.7. The number of hydrogen-bond acceptors (Lipinski definition) is 3. The van der Waals surface area contributed by atoms with Crippen molar-refractivity contribution in [2.45, 2.75) is 26.4 Å². The van der Waals surface area contributed by atoms with Crippen LogP contribution in [0.4, 0.5) is 5.69 Å². The van der Waals surface area contributed by atoms with Gasteiger partial charge in [0.2, 0.25) is 0 Å². The Hall–Kier alpha value is -2.88. The highest BCUT2D eigenvalue weighted by Crippen LogP contribution is 2.33. The lowest BCUT2D eigenvalue weighted by molar-refractivity contribution is -0.384. The van der Waals surface area contributed by atoms with Gasteiger partial charge in [-0.1, -0.05) is 30.3 Å². The molecule has 3 aromatic rings. The van der Waals surface area contributed by atoms with Gasteiger partial charge in [0.05, 0.1) is 4.92 Å². The summed E-state index contributed by atoms with van der Waals surface area (Å²) < 4.78 is 6.26. The van der Waals surface area contributed by atoms with Crippen LogP contribution in [0, 0.1) is 17.0 Å². The largest absolute Gasteiger partial charge is 0.483 e. The van der Waals surface area contributed by atoms with Crippen molar-refractivity contribution in [3.05, 3.63) is 81.9 Å². The van der Waals surface area contributed by atoms with Crippen molar-refractivity contribution in [1.82, 2.24) is 0 Å². The first kappa shape index (κ1) is 16.0. The van der Waals surface area contributed by atoms with Crippen LogP contribution in [0.5, 0.6) is 5.75 Å². The molecule has 0 radical (unpaired) electrons. The number of benzene rings is 3. The normalized spacial score (nSPS) is 11.5. The number of nitro groups is 1. The van der Waals surface area contributed by atoms with E-state index in [1.807, 2.05) is 45.0 Å². The molecule has 24 heavy (non-hydrogen) atoms. The summed E-state index contributed by atoms with van der Waals surface area (Å²) in [5.74, 6) is 0.817. The number of nitro benzene ring substituents is 1. The fourth-order valence-electron chi connectivity index (χ4n) is 2.84. The van der Waals surface area contributed by atoms with Crippen molar-refractivity contribution in [1.29, 1.82) is 0 Å². The van der Waals surface area contributed by atoms with Gasteiger partial charge in [-0.25, -0.2) is 0 Å². The fraction of sp³-hybridized carbons (Fsp3) is 0.200. The zero-order valence-corrected chi connectivity index (χ0v) is 13.9. The zero-order chi connectivity index (χ0) is 17.3. The van der Waals surface area contributed by atoms with Crippen LogP contribution in [0.15, 0.2) is 60.7 Å². The van der Waals surface area contributed by atoms with Crippen LogP contribution < -0.4 is 4.74 Å². The van der Waals surface area contributed by atoms with Gasteiger partial charge < -0.3 is 4.74 Å². The number of nitrogens with zero attached hydrogens (tertiary/aromatic N) is 1. The Bertz CT molecular complexity index is 898. The molecule has 0 aliphatic carbocycles. The number of aryl methyl sites for hydroxylation is 1. The predicted octanol–water partition coefficient (Wildman–Crippen LogP) is 5.37. The van der Waals surface area contributed by atoms with E-state index >= 15 is 0 Å². The fourth-order valence-corrected chi connectivity index (χ4v) is 2.84. The van der Waals surface area contributed by atoms with E-state index in [1.54, 1.807) is 12.1 Å². The van der Waals surface area contributed by atoms with E-state index in [0.29, 0.717) is 0 Å². The molecule has 0 heterocycles. The Morgan fingerprint density at radius 3 is 2.29 bits per heavy atom. The Kier molecular flexibility index (Phi) is 3.97. The first-order valence-electron chi connectivity index (χ1n) is 7.81. The average molecular weight is 321 g/mol. The Morgan fingerprint density at radius 2 is 1.62 bits per heavy atom. The second-order valence-corrected chi connectivity index (χ2v) is 6.33. The minimum absolute atomic E-state index is 0.0800. The molecule has 0 aromatic heterocycles. The van der Waals surface area contributed by atoms with Gasteiger partial charge in [-0.05, 0) is 60.9 Å². The smallest absolute Gasteiger partial charge is 0.269 e. The zero-order valence-electron chi connectivity index (χ0n) is 13.9. The van der Waals surface area contributed by atoms with Crippen molar-refractivity contribution in [2.75, 3.05) is 0 Å². The van der Waals surface area contributed by atoms with E-state index in [0.717, 1.165) is 22.3 Å². The maximum absolute atomic E-state index is 10.8. The van der Waals surface area contributed by atoms with Crippen LogP contribution in [0.25, 0.3) is 10.8 Å². The summed E-state index contributed by atoms with van der Waals surface area (Å²) in [6.07, 6.45) is 0. The number of non-ortho nitro benzene ring substituents is 1. The molecule has 0 amide bonds. The van der Waals surface area contributed by atoms with Crippen LogP contribution in [0.3, 0.4) is 0 Å². The molecule has 0 unspecified atom stereocenters. The standard InChI is InChI=1S/C20H19NO3/c1-14-18-7-5-4-6-15(18)8-13-19(14)24-20(2,3)16-9-11-17(12-10-16)21(22)23/h4-13H,1-3H3. The van der Waals surface area contributed by atoms with E-state index in [9.17, 15) is 10.1 Å². The van der Waals surface area contributed by atoms with Crippen molar-refractivity contribution >= 4 is 16.5 Å². The summed E-state index contributed by atoms with van der Waals surface area (Å²) in [5.41, 5.74) is 1.46. The van der Waals surface area contributed by atoms with Gasteiger partial charge in [-0.2, -0.15) is 0 Å². The summed E-state index contributed by atoms with van der Waals surface area (Å²) >= 11 is 0. The number of ether oxygens (including phenoxy) is 1. The highest BCUT2D eigenvalue weighted by atomic mass is 16.6. The predicted molar refractivity (Wildman–Crippen MR) is 95.4 cm³/mol. The molecule has 3 rings (SSSR count). The van der Waals surface area contributed by atoms with Crippen LogP contribution in [0.1, 0.15) is 25.0 Å². The van der Waals surface area contributed by atoms with Crippen LogP contribution in [0.2, 0.25) is 0 Å². The third-order valence-corrected chi connectivity index (χ3v) is 4.29. The molecular weight excluding hydrogens is 302 g/mol. The lowest BCUT2D eigenvalue weighted by Crippen LogP contribution is -2.25. The first-order valence-corrected chi connectivity index (χ1v) is 7.81. The molecule has 0 bridgehead atoms. The number of fused-ring (bicyclic) bond motifs is 1. The first-order chi connectivity index (χ1) is 11.4. The number of hydrogen-bond donors (Lipinski definition) is 0. The quantitative estimate of drug-likeness (QED) is 0.479. The second-order valence-electron chi connectivity index (χ2n) is 6.33. The van der Waals surface area contributed by atoms with Crippen molar-refractivity contribution in [3.63, 3.8) is 0 Å². The van der Waals surface area contributed by atoms with E-state index in [-0.39, 0.29) is 5.69 Å². The molecule has 0 aliphatic heterocycles. The molecule has 0 N–H and O–H groups in total. The summed E-state index contributed by atoms with van der Waals surface area (Å²) in [7, 11) is 0. The molecule has 3 aromatic carbocycles. The van der Waals surface area contributed by atoms with Gasteiger partial charge in [-0.15, -0.1) is 0 Å². The Balaban J connectivity index is 1.94. The Labute approximate surface area is 140 Å². The van der Waals surface area contributed by atoms with Crippen LogP contribution >= 0.6 is 0 Å². The maximum Gasteiger partial charge on any atom is 0.269 e. The molecule has 4 nitrogen and oxygen atoms in total. The SMILES string of the molecule is Cc1c(OC(C)(C)c2ccc([N+](=O)[O-])cc2)ccc2ccccc12. The molecule has 0 saturated heterocycles. The second kappa shape index (κ2) is 5.96. The topological polar surface area (TPSA) is 52.4 Å². The van der Waals surface area contributed by atoms with Gasteiger partial charge in [0, 0.05) is 12.1 Å². The summed E-state index contributed by atoms with van der Waals surface area (Å²) in [4.78, 5) is 10.4. The van der Waals surface area contributed by atoms with E-state index < -0.39 is 10.5 Å². The van der Waals surface area contributed by atoms with E-state index in [1.165, 1.54) is 17.5 Å². The lowest BCUT2D eigenvalue weighted by Gasteiger charge is -2.28. The summed E-state index contributed by atoms with van der Waals surface area (Å²) in [5, 5.41) is 13.1. The molecule has 0 fully saturated rings. The highest BCUT2D eigenvalue weighted by molar-refractivity contribution is 5.87. The molecule has 0 aliphatic rings. The highest BCUT2D eigenvalue weighted by Gasteiger charge is 2.24. The molecule has 4 heteroatoms. The molecule has 122 valence electrons. The van der Waals surface area contributed by atoms with E-state index in [2.05, 4.69) is 12.1 Å². The van der Waals surface area contributed by atoms with Crippen molar-refractivity contribution in [2.24, 2.45) is 0 Å². The van der Waals surface area contributed by atoms with Crippen LogP contribution in [-0.2, 0) is 5.60 Å². The van der Waals surface area contributed by atoms with E-state index in [4.69, 9.17) is 4.74 Å². The van der Waals surface area contributed by atoms with Gasteiger partial charge in [-0.3, -0.25) is 10.1 Å². The molecular formula is C20H19NO3. The Morgan fingerprint density at radius 1 is 0.958 bits per heavy atom. The van der Waals surface area contributed by atoms with Crippen LogP contribution in [-0.4, -0.2) is 4.92 Å². The van der Waals surface area contributed by atoms with Gasteiger partial charge in [0.25, 0.3) is 5.69 Å². The number of rotatable bonds is 4. The van der Waals surface area contributed by atoms with Crippen molar-refractivity contribution < 1.29 is 9.66 Å². The lowest BCUT2D eigenvalue weighted by atomic mass is 9.97.